The van der Waals surface area contributed by atoms with Crippen LogP contribution in [0, 0.1) is 0 Å². The predicted molar refractivity (Wildman–Crippen MR) is 127 cm³/mol. The molecule has 1 amide bonds. The number of carbonyl (C=O) groups excluding carboxylic acids is 1. The van der Waals surface area contributed by atoms with Crippen LogP contribution in [0.15, 0.2) is 48.7 Å². The van der Waals surface area contributed by atoms with Gasteiger partial charge < -0.3 is 9.64 Å². The lowest BCUT2D eigenvalue weighted by atomic mass is 9.85. The average Bonchev–Trinajstić information content (AvgIpc) is 2.76. The fraction of sp³-hybridized carbons (Fsp3) is 0.462. The molecule has 2 heterocycles. The Morgan fingerprint density at radius 3 is 2.45 bits per heavy atom. The number of rotatable bonds is 7. The molecule has 3 rings (SSSR count). The minimum absolute atomic E-state index is 0.120. The first kappa shape index (κ1) is 23.5. The van der Waals surface area contributed by atoms with E-state index in [1.165, 1.54) is 11.1 Å². The average molecular weight is 441 g/mol. The van der Waals surface area contributed by atoms with Crippen LogP contribution in [-0.4, -0.2) is 42.1 Å². The third-order valence-corrected chi connectivity index (χ3v) is 5.86. The molecule has 4 nitrogen and oxygen atoms in total. The number of ether oxygens (including phenoxy) is 1. The highest BCUT2D eigenvalue weighted by Crippen LogP contribution is 2.29. The van der Waals surface area contributed by atoms with Gasteiger partial charge in [-0.25, -0.2) is 4.98 Å². The number of amides is 1. The smallest absolute Gasteiger partial charge is 0.222 e. The van der Waals surface area contributed by atoms with Crippen LogP contribution in [-0.2, 0) is 14.9 Å². The number of aromatic nitrogens is 1. The summed E-state index contributed by atoms with van der Waals surface area (Å²) in [6, 6.07) is 12.7. The van der Waals surface area contributed by atoms with Gasteiger partial charge >= 0.3 is 0 Å². The van der Waals surface area contributed by atoms with Gasteiger partial charge in [0.2, 0.25) is 5.91 Å². The van der Waals surface area contributed by atoms with Crippen molar-refractivity contribution in [2.75, 3.05) is 26.3 Å². The van der Waals surface area contributed by atoms with E-state index in [4.69, 9.17) is 16.3 Å². The second kappa shape index (κ2) is 10.9. The Bertz CT molecular complexity index is 894. The monoisotopic (exact) mass is 440 g/mol. The summed E-state index contributed by atoms with van der Waals surface area (Å²) >= 11 is 6.16. The zero-order chi connectivity index (χ0) is 22.3. The van der Waals surface area contributed by atoms with Crippen LogP contribution >= 0.6 is 11.6 Å². The molecule has 5 heteroatoms. The van der Waals surface area contributed by atoms with Gasteiger partial charge in [-0.2, -0.15) is 0 Å². The Labute approximate surface area is 191 Å². The molecule has 1 saturated heterocycles. The molecule has 1 aliphatic rings. The number of allylic oxidation sites excluding steroid dienone is 1. The standard InChI is InChI=1S/C26H33ClN2O2/c1-26(2,3)22-11-9-20(10-12-22)23(21-13-14-28-24(27)19-21)7-5-4-6-8-25(30)29-15-17-31-18-16-29/h7,9-14,19H,4-6,8,15-18H2,1-3H3/b23-7+. The van der Waals surface area contributed by atoms with E-state index in [0.717, 1.165) is 43.5 Å². The number of pyridine rings is 1. The number of halogens is 1. The Hall–Kier alpha value is -2.17. The van der Waals surface area contributed by atoms with Gasteiger partial charge in [0.1, 0.15) is 5.15 Å². The van der Waals surface area contributed by atoms with Crippen molar-refractivity contribution in [3.63, 3.8) is 0 Å². The minimum Gasteiger partial charge on any atom is -0.378 e. The summed E-state index contributed by atoms with van der Waals surface area (Å²) in [5, 5.41) is 0.491. The topological polar surface area (TPSA) is 42.4 Å². The molecule has 1 fully saturated rings. The van der Waals surface area contributed by atoms with Crippen molar-refractivity contribution in [2.45, 2.75) is 51.9 Å². The second-order valence-corrected chi connectivity index (χ2v) is 9.44. The van der Waals surface area contributed by atoms with Crippen molar-refractivity contribution >= 4 is 23.1 Å². The number of carbonyl (C=O) groups is 1. The van der Waals surface area contributed by atoms with Crippen LogP contribution in [0.3, 0.4) is 0 Å². The first-order valence-corrected chi connectivity index (χ1v) is 11.5. The first-order valence-electron chi connectivity index (χ1n) is 11.1. The molecular weight excluding hydrogens is 408 g/mol. The van der Waals surface area contributed by atoms with Crippen molar-refractivity contribution in [1.29, 1.82) is 0 Å². The Kier molecular flexibility index (Phi) is 8.28. The van der Waals surface area contributed by atoms with E-state index in [2.05, 4.69) is 56.1 Å². The van der Waals surface area contributed by atoms with Crippen molar-refractivity contribution in [1.82, 2.24) is 9.88 Å². The highest BCUT2D eigenvalue weighted by Gasteiger charge is 2.16. The summed E-state index contributed by atoms with van der Waals surface area (Å²) in [4.78, 5) is 18.4. The van der Waals surface area contributed by atoms with E-state index in [-0.39, 0.29) is 11.3 Å². The fourth-order valence-electron chi connectivity index (χ4n) is 3.76. The lowest BCUT2D eigenvalue weighted by molar-refractivity contribution is -0.135. The van der Waals surface area contributed by atoms with E-state index in [1.54, 1.807) is 6.20 Å². The van der Waals surface area contributed by atoms with Gasteiger partial charge in [0, 0.05) is 25.7 Å². The molecule has 31 heavy (non-hydrogen) atoms. The van der Waals surface area contributed by atoms with Crippen LogP contribution < -0.4 is 0 Å². The molecule has 0 atom stereocenters. The maximum Gasteiger partial charge on any atom is 0.222 e. The summed E-state index contributed by atoms with van der Waals surface area (Å²) in [5.41, 5.74) is 4.82. The largest absolute Gasteiger partial charge is 0.378 e. The van der Waals surface area contributed by atoms with Crippen molar-refractivity contribution in [3.05, 3.63) is 70.5 Å². The van der Waals surface area contributed by atoms with Crippen LogP contribution in [0.5, 0.6) is 0 Å². The summed E-state index contributed by atoms with van der Waals surface area (Å²) in [7, 11) is 0. The van der Waals surface area contributed by atoms with Crippen LogP contribution in [0.1, 0.15) is 63.1 Å². The van der Waals surface area contributed by atoms with Gasteiger partial charge in [0.05, 0.1) is 13.2 Å². The lowest BCUT2D eigenvalue weighted by Gasteiger charge is -2.26. The van der Waals surface area contributed by atoms with Gasteiger partial charge in [-0.15, -0.1) is 0 Å². The van der Waals surface area contributed by atoms with Gasteiger partial charge in [0.15, 0.2) is 0 Å². The predicted octanol–water partition coefficient (Wildman–Crippen LogP) is 5.88. The molecule has 1 aliphatic heterocycles. The molecule has 0 radical (unpaired) electrons. The molecule has 1 aromatic carbocycles. The van der Waals surface area contributed by atoms with Crippen LogP contribution in [0.25, 0.3) is 5.57 Å². The van der Waals surface area contributed by atoms with Crippen molar-refractivity contribution in [2.24, 2.45) is 0 Å². The maximum absolute atomic E-state index is 12.3. The molecule has 0 aliphatic carbocycles. The quantitative estimate of drug-likeness (QED) is 0.398. The Balaban J connectivity index is 1.67. The highest BCUT2D eigenvalue weighted by molar-refractivity contribution is 6.29. The SMILES string of the molecule is CC(C)(C)c1ccc(/C(=C\CCCCC(=O)N2CCOCC2)c2ccnc(Cl)c2)cc1. The number of nitrogens with zero attached hydrogens (tertiary/aromatic N) is 2. The Morgan fingerprint density at radius 2 is 1.81 bits per heavy atom. The number of hydrogen-bond donors (Lipinski definition) is 0. The number of unbranched alkanes of at least 4 members (excludes halogenated alkanes) is 2. The van der Waals surface area contributed by atoms with Crippen LogP contribution in [0.2, 0.25) is 5.15 Å². The lowest BCUT2D eigenvalue weighted by Crippen LogP contribution is -2.40. The van der Waals surface area contributed by atoms with Crippen molar-refractivity contribution < 1.29 is 9.53 Å². The molecular formula is C26H33ClN2O2. The highest BCUT2D eigenvalue weighted by atomic mass is 35.5. The fourth-order valence-corrected chi connectivity index (χ4v) is 3.93. The van der Waals surface area contributed by atoms with E-state index in [9.17, 15) is 4.79 Å². The zero-order valence-electron chi connectivity index (χ0n) is 18.9. The van der Waals surface area contributed by atoms with Crippen molar-refractivity contribution in [3.8, 4) is 0 Å². The van der Waals surface area contributed by atoms with Crippen LogP contribution in [0.4, 0.5) is 0 Å². The number of morpholine rings is 1. The molecule has 1 aromatic heterocycles. The van der Waals surface area contributed by atoms with E-state index < -0.39 is 0 Å². The molecule has 166 valence electrons. The summed E-state index contributed by atoms with van der Waals surface area (Å²) in [6.45, 7) is 9.41. The van der Waals surface area contributed by atoms with Gasteiger partial charge in [-0.1, -0.05) is 62.7 Å². The third kappa shape index (κ3) is 6.91. The molecule has 0 unspecified atom stereocenters. The van der Waals surface area contributed by atoms with Gasteiger partial charge in [0.25, 0.3) is 0 Å². The Morgan fingerprint density at radius 1 is 1.10 bits per heavy atom. The molecule has 2 aromatic rings. The number of hydrogen-bond acceptors (Lipinski definition) is 3. The molecule has 0 spiro atoms. The molecule has 0 bridgehead atoms. The summed E-state index contributed by atoms with van der Waals surface area (Å²) in [5.74, 6) is 0.242. The van der Waals surface area contributed by atoms with E-state index in [1.807, 2.05) is 17.0 Å². The van der Waals surface area contributed by atoms with Gasteiger partial charge in [-0.05, 0) is 59.1 Å². The third-order valence-electron chi connectivity index (χ3n) is 5.66. The maximum atomic E-state index is 12.3. The first-order chi connectivity index (χ1) is 14.8. The van der Waals surface area contributed by atoms with Gasteiger partial charge in [-0.3, -0.25) is 4.79 Å². The molecule has 0 N–H and O–H groups in total. The summed E-state index contributed by atoms with van der Waals surface area (Å²) < 4.78 is 5.32. The van der Waals surface area contributed by atoms with E-state index in [0.29, 0.717) is 24.8 Å². The normalized spacial score (nSPS) is 15.2. The molecule has 0 saturated carbocycles. The number of benzene rings is 1. The second-order valence-electron chi connectivity index (χ2n) is 9.05. The zero-order valence-corrected chi connectivity index (χ0v) is 19.6. The minimum atomic E-state index is 0.120. The summed E-state index contributed by atoms with van der Waals surface area (Å²) in [6.07, 6.45) is 7.38. The van der Waals surface area contributed by atoms with E-state index >= 15 is 0 Å².